The third-order valence-corrected chi connectivity index (χ3v) is 3.07. The molecule has 0 aliphatic heterocycles. The Balaban J connectivity index is 1.99. The van der Waals surface area contributed by atoms with Crippen LogP contribution in [0.1, 0.15) is 18.4 Å². The van der Waals surface area contributed by atoms with Gasteiger partial charge in [0.2, 0.25) is 5.88 Å². The molecule has 5 nitrogen and oxygen atoms in total. The SMILES string of the molecule is CN(C)C1CC(Oc2ncc(N)cc2C#N)C1. The standard InChI is InChI=1S/C12H16N4O/c1-16(2)10-4-11(5-10)17-12-8(6-13)3-9(14)7-15-12/h3,7,10-11H,4-5,14H2,1-2H3. The first kappa shape index (κ1) is 11.7. The van der Waals surface area contributed by atoms with E-state index in [1.165, 1.54) is 6.20 Å². The fourth-order valence-electron chi connectivity index (χ4n) is 1.86. The lowest BCUT2D eigenvalue weighted by atomic mass is 9.88. The Morgan fingerprint density at radius 1 is 1.53 bits per heavy atom. The van der Waals surface area contributed by atoms with E-state index >= 15 is 0 Å². The molecule has 0 aromatic carbocycles. The molecule has 0 radical (unpaired) electrons. The summed E-state index contributed by atoms with van der Waals surface area (Å²) in [6.07, 6.45) is 3.62. The number of ether oxygens (including phenoxy) is 1. The van der Waals surface area contributed by atoms with E-state index in [0.717, 1.165) is 12.8 Å². The molecule has 5 heteroatoms. The summed E-state index contributed by atoms with van der Waals surface area (Å²) in [6, 6.07) is 4.20. The van der Waals surface area contributed by atoms with Crippen LogP contribution in [0.15, 0.2) is 12.3 Å². The van der Waals surface area contributed by atoms with Gasteiger partial charge in [-0.3, -0.25) is 0 Å². The molecule has 1 aromatic heterocycles. The van der Waals surface area contributed by atoms with E-state index in [4.69, 9.17) is 15.7 Å². The Morgan fingerprint density at radius 2 is 2.24 bits per heavy atom. The Morgan fingerprint density at radius 3 is 2.82 bits per heavy atom. The monoisotopic (exact) mass is 232 g/mol. The van der Waals surface area contributed by atoms with E-state index in [2.05, 4.69) is 24.0 Å². The highest BCUT2D eigenvalue weighted by Gasteiger charge is 2.32. The van der Waals surface area contributed by atoms with Crippen LogP contribution in [0.3, 0.4) is 0 Å². The number of nitriles is 1. The van der Waals surface area contributed by atoms with E-state index in [9.17, 15) is 0 Å². The number of hydrogen-bond donors (Lipinski definition) is 1. The lowest BCUT2D eigenvalue weighted by Crippen LogP contribution is -2.46. The topological polar surface area (TPSA) is 75.2 Å². The van der Waals surface area contributed by atoms with E-state index in [1.807, 2.05) is 6.07 Å². The summed E-state index contributed by atoms with van der Waals surface area (Å²) in [7, 11) is 4.12. The van der Waals surface area contributed by atoms with Gasteiger partial charge in [0.1, 0.15) is 17.7 Å². The summed E-state index contributed by atoms with van der Waals surface area (Å²) >= 11 is 0. The van der Waals surface area contributed by atoms with Crippen molar-refractivity contribution in [1.82, 2.24) is 9.88 Å². The van der Waals surface area contributed by atoms with Crippen molar-refractivity contribution < 1.29 is 4.74 Å². The highest BCUT2D eigenvalue weighted by molar-refractivity contribution is 5.48. The van der Waals surface area contributed by atoms with Crippen LogP contribution in [0.5, 0.6) is 5.88 Å². The van der Waals surface area contributed by atoms with Crippen LogP contribution in [0.25, 0.3) is 0 Å². The molecule has 2 N–H and O–H groups in total. The van der Waals surface area contributed by atoms with Gasteiger partial charge in [-0.15, -0.1) is 0 Å². The maximum absolute atomic E-state index is 8.95. The third kappa shape index (κ3) is 2.48. The molecule has 90 valence electrons. The van der Waals surface area contributed by atoms with Gasteiger partial charge in [-0.2, -0.15) is 5.26 Å². The summed E-state index contributed by atoms with van der Waals surface area (Å²) in [5, 5.41) is 8.95. The maximum Gasteiger partial charge on any atom is 0.232 e. The summed E-state index contributed by atoms with van der Waals surface area (Å²) in [5.74, 6) is 0.393. The van der Waals surface area contributed by atoms with E-state index < -0.39 is 0 Å². The van der Waals surface area contributed by atoms with Crippen molar-refractivity contribution in [1.29, 1.82) is 5.26 Å². The van der Waals surface area contributed by atoms with Crippen molar-refractivity contribution in [2.45, 2.75) is 25.0 Å². The van der Waals surface area contributed by atoms with Crippen molar-refractivity contribution in [3.05, 3.63) is 17.8 Å². The predicted molar refractivity (Wildman–Crippen MR) is 64.5 cm³/mol. The molecule has 0 saturated heterocycles. The van der Waals surface area contributed by atoms with Gasteiger partial charge in [0.15, 0.2) is 0 Å². The molecule has 1 aliphatic rings. The minimum atomic E-state index is 0.158. The van der Waals surface area contributed by atoms with Gasteiger partial charge in [0.25, 0.3) is 0 Å². The Kier molecular flexibility index (Phi) is 3.16. The van der Waals surface area contributed by atoms with Crippen LogP contribution < -0.4 is 10.5 Å². The zero-order valence-corrected chi connectivity index (χ0v) is 10.1. The molecule has 2 rings (SSSR count). The average Bonchev–Trinajstić information content (AvgIpc) is 2.23. The highest BCUT2D eigenvalue weighted by Crippen LogP contribution is 2.29. The minimum Gasteiger partial charge on any atom is -0.473 e. The predicted octanol–water partition coefficient (Wildman–Crippen LogP) is 1.01. The molecule has 1 heterocycles. The minimum absolute atomic E-state index is 0.158. The molecular formula is C12H16N4O. The van der Waals surface area contributed by atoms with Gasteiger partial charge in [-0.25, -0.2) is 4.98 Å². The molecule has 1 fully saturated rings. The second kappa shape index (κ2) is 4.60. The van der Waals surface area contributed by atoms with Gasteiger partial charge in [-0.1, -0.05) is 0 Å². The summed E-state index contributed by atoms with van der Waals surface area (Å²) in [5.41, 5.74) is 6.45. The second-order valence-corrected chi connectivity index (χ2v) is 4.56. The molecule has 0 unspecified atom stereocenters. The van der Waals surface area contributed by atoms with Crippen LogP contribution in [0.2, 0.25) is 0 Å². The first-order chi connectivity index (χ1) is 8.10. The van der Waals surface area contributed by atoms with Crippen LogP contribution in [0.4, 0.5) is 5.69 Å². The van der Waals surface area contributed by atoms with Crippen LogP contribution >= 0.6 is 0 Å². The molecule has 1 saturated carbocycles. The first-order valence-electron chi connectivity index (χ1n) is 5.59. The molecular weight excluding hydrogens is 216 g/mol. The van der Waals surface area contributed by atoms with Crippen molar-refractivity contribution in [2.24, 2.45) is 0 Å². The number of pyridine rings is 1. The Hall–Kier alpha value is -1.80. The summed E-state index contributed by atoms with van der Waals surface area (Å²) in [4.78, 5) is 6.24. The summed E-state index contributed by atoms with van der Waals surface area (Å²) < 4.78 is 5.69. The second-order valence-electron chi connectivity index (χ2n) is 4.56. The van der Waals surface area contributed by atoms with Gasteiger partial charge in [0.05, 0.1) is 11.9 Å². The largest absolute Gasteiger partial charge is 0.473 e. The normalized spacial score (nSPS) is 22.9. The molecule has 0 atom stereocenters. The fraction of sp³-hybridized carbons (Fsp3) is 0.500. The molecule has 0 amide bonds. The van der Waals surface area contributed by atoms with E-state index in [0.29, 0.717) is 23.2 Å². The number of anilines is 1. The first-order valence-corrected chi connectivity index (χ1v) is 5.59. The fourth-order valence-corrected chi connectivity index (χ4v) is 1.86. The van der Waals surface area contributed by atoms with Crippen molar-refractivity contribution in [3.8, 4) is 11.9 Å². The number of nitrogen functional groups attached to an aromatic ring is 1. The number of nitrogens with zero attached hydrogens (tertiary/aromatic N) is 3. The van der Waals surface area contributed by atoms with Crippen LogP contribution in [-0.4, -0.2) is 36.1 Å². The molecule has 1 aromatic rings. The van der Waals surface area contributed by atoms with Gasteiger partial charge < -0.3 is 15.4 Å². The average molecular weight is 232 g/mol. The van der Waals surface area contributed by atoms with Crippen LogP contribution in [0, 0.1) is 11.3 Å². The lowest BCUT2D eigenvalue weighted by Gasteiger charge is -2.39. The highest BCUT2D eigenvalue weighted by atomic mass is 16.5. The lowest BCUT2D eigenvalue weighted by molar-refractivity contribution is 0.0368. The molecule has 17 heavy (non-hydrogen) atoms. The third-order valence-electron chi connectivity index (χ3n) is 3.07. The zero-order valence-electron chi connectivity index (χ0n) is 10.1. The quantitative estimate of drug-likeness (QED) is 0.841. The summed E-state index contributed by atoms with van der Waals surface area (Å²) in [6.45, 7) is 0. The molecule has 1 aliphatic carbocycles. The van der Waals surface area contributed by atoms with Crippen molar-refractivity contribution in [3.63, 3.8) is 0 Å². The Labute approximate surface area is 101 Å². The van der Waals surface area contributed by atoms with E-state index in [1.54, 1.807) is 6.07 Å². The zero-order chi connectivity index (χ0) is 12.4. The number of nitrogens with two attached hydrogens (primary N) is 1. The number of aromatic nitrogens is 1. The number of hydrogen-bond acceptors (Lipinski definition) is 5. The van der Waals surface area contributed by atoms with Gasteiger partial charge in [-0.05, 0) is 20.2 Å². The van der Waals surface area contributed by atoms with Gasteiger partial charge in [0, 0.05) is 18.9 Å². The van der Waals surface area contributed by atoms with Crippen molar-refractivity contribution in [2.75, 3.05) is 19.8 Å². The van der Waals surface area contributed by atoms with Crippen LogP contribution in [-0.2, 0) is 0 Å². The van der Waals surface area contributed by atoms with E-state index in [-0.39, 0.29) is 6.10 Å². The number of rotatable bonds is 3. The maximum atomic E-state index is 8.95. The smallest absolute Gasteiger partial charge is 0.232 e. The van der Waals surface area contributed by atoms with Crippen molar-refractivity contribution >= 4 is 5.69 Å². The molecule has 0 spiro atoms. The van der Waals surface area contributed by atoms with Gasteiger partial charge >= 0.3 is 0 Å². The molecule has 0 bridgehead atoms. The Bertz CT molecular complexity index is 446.